The number of rotatable bonds is 5. The molecule has 2 rings (SSSR count). The van der Waals surface area contributed by atoms with Crippen molar-refractivity contribution < 1.29 is 13.5 Å². The first-order valence-corrected chi connectivity index (χ1v) is 8.74. The summed E-state index contributed by atoms with van der Waals surface area (Å²) in [6.07, 6.45) is 6.59. The number of hydrogen-bond acceptors (Lipinski definition) is 4. The van der Waals surface area contributed by atoms with E-state index in [-0.39, 0.29) is 11.4 Å². The van der Waals surface area contributed by atoms with E-state index in [0.29, 0.717) is 18.8 Å². The average Bonchev–Trinajstić information content (AvgIpc) is 2.47. The van der Waals surface area contributed by atoms with Crippen LogP contribution in [-0.2, 0) is 10.0 Å². The molecular formula is C14H22N2O4S. The summed E-state index contributed by atoms with van der Waals surface area (Å²) in [4.78, 5) is 13.8. The van der Waals surface area contributed by atoms with Gasteiger partial charge in [-0.15, -0.1) is 0 Å². The molecule has 1 heterocycles. The molecule has 0 radical (unpaired) electrons. The van der Waals surface area contributed by atoms with Gasteiger partial charge < -0.3 is 10.1 Å². The fourth-order valence-electron chi connectivity index (χ4n) is 2.72. The normalized spacial score (nSPS) is 26.7. The number of sulfonamides is 1. The Morgan fingerprint density at radius 1 is 1.43 bits per heavy atom. The van der Waals surface area contributed by atoms with Crippen LogP contribution in [0.5, 0.6) is 0 Å². The first-order chi connectivity index (χ1) is 9.86. The average molecular weight is 314 g/mol. The molecule has 1 saturated carbocycles. The van der Waals surface area contributed by atoms with E-state index in [9.17, 15) is 18.3 Å². The summed E-state index contributed by atoms with van der Waals surface area (Å²) in [6, 6.07) is 1.16. The molecule has 1 aliphatic rings. The third-order valence-electron chi connectivity index (χ3n) is 4.28. The first kappa shape index (κ1) is 16.2. The number of aromatic amines is 1. The van der Waals surface area contributed by atoms with Crippen molar-refractivity contribution in [3.8, 4) is 0 Å². The summed E-state index contributed by atoms with van der Waals surface area (Å²) in [5.74, 6) is 0.610. The Balaban J connectivity index is 2.03. The zero-order valence-corrected chi connectivity index (χ0v) is 12.9. The van der Waals surface area contributed by atoms with Crippen LogP contribution in [0.1, 0.15) is 39.0 Å². The number of aromatic nitrogens is 1. The minimum absolute atomic E-state index is 0.0555. The van der Waals surface area contributed by atoms with Crippen LogP contribution in [0.25, 0.3) is 0 Å². The van der Waals surface area contributed by atoms with Gasteiger partial charge in [0.15, 0.2) is 0 Å². The lowest BCUT2D eigenvalue weighted by atomic mass is 9.78. The molecule has 118 valence electrons. The quantitative estimate of drug-likeness (QED) is 0.754. The highest BCUT2D eigenvalue weighted by atomic mass is 32.2. The zero-order chi connectivity index (χ0) is 15.5. The van der Waals surface area contributed by atoms with Crippen molar-refractivity contribution in [3.05, 3.63) is 28.7 Å². The van der Waals surface area contributed by atoms with E-state index >= 15 is 0 Å². The lowest BCUT2D eigenvalue weighted by Crippen LogP contribution is -2.45. The van der Waals surface area contributed by atoms with Crippen molar-refractivity contribution in [1.82, 2.24) is 9.71 Å². The second-order valence-corrected chi connectivity index (χ2v) is 7.51. The third kappa shape index (κ3) is 3.93. The van der Waals surface area contributed by atoms with Gasteiger partial charge in [-0.25, -0.2) is 13.1 Å². The molecule has 0 spiro atoms. The molecule has 1 aromatic heterocycles. The molecule has 1 aliphatic carbocycles. The number of hydrogen-bond donors (Lipinski definition) is 3. The van der Waals surface area contributed by atoms with Crippen LogP contribution < -0.4 is 10.2 Å². The standard InChI is InChI=1S/C14H22N2O4S/c1-2-11-3-6-14(18,7-4-11)10-16-21(19,20)13-9-15-8-5-12(13)17/h5,8-9,11,16,18H,2-4,6-7,10H2,1H3,(H,15,17). The lowest BCUT2D eigenvalue weighted by molar-refractivity contribution is -0.00443. The predicted molar refractivity (Wildman–Crippen MR) is 79.5 cm³/mol. The van der Waals surface area contributed by atoms with E-state index in [4.69, 9.17) is 0 Å². The monoisotopic (exact) mass is 314 g/mol. The Bertz CT molecular complexity index is 630. The van der Waals surface area contributed by atoms with Crippen molar-refractivity contribution >= 4 is 10.0 Å². The fourth-order valence-corrected chi connectivity index (χ4v) is 3.89. The number of aliphatic hydroxyl groups is 1. The molecule has 0 amide bonds. The van der Waals surface area contributed by atoms with Gasteiger partial charge in [-0.3, -0.25) is 4.79 Å². The summed E-state index contributed by atoms with van der Waals surface area (Å²) in [5, 5.41) is 10.5. The van der Waals surface area contributed by atoms with Crippen molar-refractivity contribution in [3.63, 3.8) is 0 Å². The Labute approximate surface area is 124 Å². The van der Waals surface area contributed by atoms with E-state index in [1.807, 2.05) is 0 Å². The molecule has 1 aromatic rings. The van der Waals surface area contributed by atoms with E-state index in [1.54, 1.807) is 0 Å². The maximum absolute atomic E-state index is 12.1. The van der Waals surface area contributed by atoms with Crippen LogP contribution in [0.4, 0.5) is 0 Å². The van der Waals surface area contributed by atoms with Crippen LogP contribution in [0, 0.1) is 5.92 Å². The van der Waals surface area contributed by atoms with Crippen LogP contribution in [-0.4, -0.2) is 30.7 Å². The van der Waals surface area contributed by atoms with Gasteiger partial charge >= 0.3 is 0 Å². The lowest BCUT2D eigenvalue weighted by Gasteiger charge is -2.35. The molecule has 0 saturated heterocycles. The molecule has 7 heteroatoms. The molecule has 1 fully saturated rings. The van der Waals surface area contributed by atoms with E-state index in [2.05, 4.69) is 16.6 Å². The zero-order valence-electron chi connectivity index (χ0n) is 12.1. The highest BCUT2D eigenvalue weighted by molar-refractivity contribution is 7.89. The number of nitrogens with one attached hydrogen (secondary N) is 2. The van der Waals surface area contributed by atoms with Crippen molar-refractivity contribution in [1.29, 1.82) is 0 Å². The Morgan fingerprint density at radius 2 is 2.10 bits per heavy atom. The molecular weight excluding hydrogens is 292 g/mol. The Hall–Kier alpha value is -1.18. The molecule has 21 heavy (non-hydrogen) atoms. The molecule has 0 atom stereocenters. The molecule has 0 bridgehead atoms. The number of H-pyrrole nitrogens is 1. The van der Waals surface area contributed by atoms with Gasteiger partial charge in [0.05, 0.1) is 5.60 Å². The van der Waals surface area contributed by atoms with Gasteiger partial charge in [0, 0.05) is 25.0 Å². The summed E-state index contributed by atoms with van der Waals surface area (Å²) in [6.45, 7) is 2.07. The van der Waals surface area contributed by atoms with Gasteiger partial charge in [-0.1, -0.05) is 13.3 Å². The van der Waals surface area contributed by atoms with Crippen LogP contribution >= 0.6 is 0 Å². The maximum Gasteiger partial charge on any atom is 0.246 e. The second kappa shape index (κ2) is 6.29. The summed E-state index contributed by atoms with van der Waals surface area (Å²) >= 11 is 0. The smallest absolute Gasteiger partial charge is 0.246 e. The first-order valence-electron chi connectivity index (χ1n) is 7.25. The SMILES string of the molecule is CCC1CCC(O)(CNS(=O)(=O)c2c[nH]ccc2=O)CC1. The summed E-state index contributed by atoms with van der Waals surface area (Å²) in [5.41, 5.74) is -1.58. The highest BCUT2D eigenvalue weighted by Crippen LogP contribution is 2.33. The third-order valence-corrected chi connectivity index (χ3v) is 5.70. The summed E-state index contributed by atoms with van der Waals surface area (Å²) in [7, 11) is -3.90. The largest absolute Gasteiger partial charge is 0.389 e. The van der Waals surface area contributed by atoms with Crippen molar-refractivity contribution in [2.45, 2.75) is 49.5 Å². The molecule has 6 nitrogen and oxygen atoms in total. The van der Waals surface area contributed by atoms with Crippen LogP contribution in [0.2, 0.25) is 0 Å². The second-order valence-electron chi connectivity index (χ2n) is 5.77. The van der Waals surface area contributed by atoms with Crippen LogP contribution in [0.15, 0.2) is 28.2 Å². The maximum atomic E-state index is 12.1. The van der Waals surface area contributed by atoms with E-state index < -0.39 is 21.1 Å². The van der Waals surface area contributed by atoms with Gasteiger partial charge in [0.1, 0.15) is 4.90 Å². The highest BCUT2D eigenvalue weighted by Gasteiger charge is 2.34. The van der Waals surface area contributed by atoms with Gasteiger partial charge in [0.25, 0.3) is 0 Å². The minimum atomic E-state index is -3.90. The molecule has 3 N–H and O–H groups in total. The Morgan fingerprint density at radius 3 is 2.67 bits per heavy atom. The number of pyridine rings is 1. The molecule has 0 aliphatic heterocycles. The van der Waals surface area contributed by atoms with E-state index in [0.717, 1.165) is 31.5 Å². The molecule has 0 aromatic carbocycles. The predicted octanol–water partition coefficient (Wildman–Crippen LogP) is 0.985. The van der Waals surface area contributed by atoms with Crippen molar-refractivity contribution in [2.75, 3.05) is 6.54 Å². The topological polar surface area (TPSA) is 99.3 Å². The van der Waals surface area contributed by atoms with Gasteiger partial charge in [-0.05, 0) is 31.6 Å². The Kier molecular flexibility index (Phi) is 4.85. The van der Waals surface area contributed by atoms with Crippen LogP contribution in [0.3, 0.4) is 0 Å². The van der Waals surface area contributed by atoms with E-state index in [1.165, 1.54) is 6.20 Å². The fraction of sp³-hybridized carbons (Fsp3) is 0.643. The minimum Gasteiger partial charge on any atom is -0.389 e. The summed E-state index contributed by atoms with van der Waals surface area (Å²) < 4.78 is 26.6. The molecule has 0 unspecified atom stereocenters. The van der Waals surface area contributed by atoms with Gasteiger partial charge in [0.2, 0.25) is 15.5 Å². The van der Waals surface area contributed by atoms with Crippen molar-refractivity contribution in [2.24, 2.45) is 5.92 Å². The van der Waals surface area contributed by atoms with Gasteiger partial charge in [-0.2, -0.15) is 0 Å².